The predicted octanol–water partition coefficient (Wildman–Crippen LogP) is 3.07. The van der Waals surface area contributed by atoms with E-state index in [2.05, 4.69) is 17.6 Å². The van der Waals surface area contributed by atoms with E-state index in [0.717, 1.165) is 42.2 Å². The molecule has 1 amide bonds. The minimum atomic E-state index is 0.201. The van der Waals surface area contributed by atoms with Crippen molar-refractivity contribution in [3.8, 4) is 0 Å². The van der Waals surface area contributed by atoms with Crippen molar-refractivity contribution in [2.24, 2.45) is 5.92 Å². The largest absolute Gasteiger partial charge is 0.368 e. The number of carbonyl (C=O) groups is 1. The first-order chi connectivity index (χ1) is 11.8. The summed E-state index contributed by atoms with van der Waals surface area (Å²) >= 11 is 1.84. The van der Waals surface area contributed by atoms with E-state index >= 15 is 0 Å². The first-order valence-corrected chi connectivity index (χ1v) is 9.90. The van der Waals surface area contributed by atoms with Crippen LogP contribution in [0.3, 0.4) is 0 Å². The first kappa shape index (κ1) is 15.8. The molecular weight excluding hydrogens is 320 g/mol. The Balaban J connectivity index is 1.53. The number of nitrogens with zero attached hydrogens (tertiary/aromatic N) is 2. The quantitative estimate of drug-likeness (QED) is 0.790. The molecule has 1 fully saturated rings. The van der Waals surface area contributed by atoms with Gasteiger partial charge in [-0.15, -0.1) is 11.3 Å². The molecule has 4 rings (SSSR count). The van der Waals surface area contributed by atoms with Crippen molar-refractivity contribution in [1.82, 2.24) is 15.3 Å². The molecule has 24 heavy (non-hydrogen) atoms. The molecule has 2 aromatic heterocycles. The zero-order chi connectivity index (χ0) is 16.5. The van der Waals surface area contributed by atoms with Gasteiger partial charge in [-0.05, 0) is 44.1 Å². The Morgan fingerprint density at radius 1 is 1.21 bits per heavy atom. The Morgan fingerprint density at radius 3 is 2.83 bits per heavy atom. The van der Waals surface area contributed by atoms with E-state index in [0.29, 0.717) is 13.1 Å². The summed E-state index contributed by atoms with van der Waals surface area (Å²) in [6.07, 6.45) is 7.78. The van der Waals surface area contributed by atoms with Gasteiger partial charge in [0.15, 0.2) is 0 Å². The standard InChI is InChI=1S/C18H24N4OS/c1-2-14-21-16(19-9-10-20-17(23)11-7-8-11)15-12-5-3-4-6-13(12)24-18(15)22-14/h11H,2-10H2,1H3,(H,20,23)(H,19,21,22). The molecule has 0 saturated heterocycles. The van der Waals surface area contributed by atoms with Crippen LogP contribution < -0.4 is 10.6 Å². The summed E-state index contributed by atoms with van der Waals surface area (Å²) in [5.74, 6) is 2.32. The number of nitrogens with one attached hydrogen (secondary N) is 2. The molecule has 2 aromatic rings. The Morgan fingerprint density at radius 2 is 2.04 bits per heavy atom. The number of anilines is 1. The van der Waals surface area contributed by atoms with Crippen molar-refractivity contribution in [2.75, 3.05) is 18.4 Å². The summed E-state index contributed by atoms with van der Waals surface area (Å²) < 4.78 is 0. The molecule has 0 aliphatic heterocycles. The van der Waals surface area contributed by atoms with Gasteiger partial charge in [0.1, 0.15) is 16.5 Å². The van der Waals surface area contributed by atoms with E-state index in [4.69, 9.17) is 9.97 Å². The molecule has 0 spiro atoms. The molecule has 0 unspecified atom stereocenters. The molecular formula is C18H24N4OS. The van der Waals surface area contributed by atoms with Gasteiger partial charge in [0.05, 0.1) is 5.39 Å². The van der Waals surface area contributed by atoms with Gasteiger partial charge in [0, 0.05) is 30.3 Å². The molecule has 1 saturated carbocycles. The molecule has 0 bridgehead atoms. The fourth-order valence-electron chi connectivity index (χ4n) is 3.34. The topological polar surface area (TPSA) is 66.9 Å². The monoisotopic (exact) mass is 344 g/mol. The number of hydrogen-bond donors (Lipinski definition) is 2. The fourth-order valence-corrected chi connectivity index (χ4v) is 4.62. The number of fused-ring (bicyclic) bond motifs is 3. The van der Waals surface area contributed by atoms with Crippen LogP contribution in [0.4, 0.5) is 5.82 Å². The molecule has 2 heterocycles. The van der Waals surface area contributed by atoms with Crippen LogP contribution in [0.1, 0.15) is 48.9 Å². The van der Waals surface area contributed by atoms with E-state index < -0.39 is 0 Å². The van der Waals surface area contributed by atoms with Gasteiger partial charge in [-0.2, -0.15) is 0 Å². The molecule has 0 atom stereocenters. The minimum Gasteiger partial charge on any atom is -0.368 e. The van der Waals surface area contributed by atoms with E-state index in [-0.39, 0.29) is 11.8 Å². The molecule has 2 aliphatic carbocycles. The summed E-state index contributed by atoms with van der Waals surface area (Å²) in [7, 11) is 0. The Kier molecular flexibility index (Phi) is 4.39. The number of carbonyl (C=O) groups excluding carboxylic acids is 1. The Bertz CT molecular complexity index is 766. The molecule has 6 heteroatoms. The summed E-state index contributed by atoms with van der Waals surface area (Å²) in [5.41, 5.74) is 1.45. The van der Waals surface area contributed by atoms with E-state index in [1.165, 1.54) is 35.1 Å². The zero-order valence-electron chi connectivity index (χ0n) is 14.2. The van der Waals surface area contributed by atoms with Crippen molar-refractivity contribution < 1.29 is 4.79 Å². The number of rotatable bonds is 6. The van der Waals surface area contributed by atoms with Gasteiger partial charge in [-0.1, -0.05) is 6.92 Å². The first-order valence-electron chi connectivity index (χ1n) is 9.09. The second kappa shape index (κ2) is 6.67. The van der Waals surface area contributed by atoms with Crippen LogP contribution in [0, 0.1) is 5.92 Å². The number of thiophene rings is 1. The SMILES string of the molecule is CCc1nc(NCCNC(=O)C2CC2)c2c3c(sc2n1)CCCC3. The van der Waals surface area contributed by atoms with Crippen LogP contribution >= 0.6 is 11.3 Å². The van der Waals surface area contributed by atoms with Crippen molar-refractivity contribution in [1.29, 1.82) is 0 Å². The minimum absolute atomic E-state index is 0.201. The maximum atomic E-state index is 11.7. The van der Waals surface area contributed by atoms with Gasteiger partial charge in [-0.25, -0.2) is 9.97 Å². The summed E-state index contributed by atoms with van der Waals surface area (Å²) in [5, 5.41) is 7.68. The summed E-state index contributed by atoms with van der Waals surface area (Å²) in [6, 6.07) is 0. The lowest BCUT2D eigenvalue weighted by molar-refractivity contribution is -0.122. The highest BCUT2D eigenvalue weighted by atomic mass is 32.1. The number of hydrogen-bond acceptors (Lipinski definition) is 5. The predicted molar refractivity (Wildman–Crippen MR) is 97.7 cm³/mol. The van der Waals surface area contributed by atoms with Gasteiger partial charge >= 0.3 is 0 Å². The van der Waals surface area contributed by atoms with Crippen molar-refractivity contribution in [3.63, 3.8) is 0 Å². The number of aryl methyl sites for hydroxylation is 3. The highest BCUT2D eigenvalue weighted by molar-refractivity contribution is 7.19. The van der Waals surface area contributed by atoms with Crippen molar-refractivity contribution in [3.05, 3.63) is 16.3 Å². The molecule has 0 radical (unpaired) electrons. The molecule has 2 N–H and O–H groups in total. The summed E-state index contributed by atoms with van der Waals surface area (Å²) in [4.78, 5) is 23.8. The average molecular weight is 344 g/mol. The average Bonchev–Trinajstić information content (AvgIpc) is 3.38. The molecule has 0 aromatic carbocycles. The van der Waals surface area contributed by atoms with Crippen LogP contribution in [-0.4, -0.2) is 29.0 Å². The van der Waals surface area contributed by atoms with Gasteiger partial charge in [0.2, 0.25) is 5.91 Å². The van der Waals surface area contributed by atoms with Crippen LogP contribution in [0.15, 0.2) is 0 Å². The lowest BCUT2D eigenvalue weighted by atomic mass is 9.97. The van der Waals surface area contributed by atoms with Gasteiger partial charge in [0.25, 0.3) is 0 Å². The Labute approximate surface area is 146 Å². The smallest absolute Gasteiger partial charge is 0.223 e. The third kappa shape index (κ3) is 3.11. The van der Waals surface area contributed by atoms with Crippen LogP contribution in [0.2, 0.25) is 0 Å². The summed E-state index contributed by atoms with van der Waals surface area (Å²) in [6.45, 7) is 3.45. The third-order valence-electron chi connectivity index (χ3n) is 4.84. The third-order valence-corrected chi connectivity index (χ3v) is 6.03. The molecule has 128 valence electrons. The van der Waals surface area contributed by atoms with Crippen LogP contribution in [-0.2, 0) is 24.1 Å². The van der Waals surface area contributed by atoms with E-state index in [9.17, 15) is 4.79 Å². The maximum Gasteiger partial charge on any atom is 0.223 e. The second-order valence-corrected chi connectivity index (χ2v) is 7.81. The van der Waals surface area contributed by atoms with Gasteiger partial charge in [-0.3, -0.25) is 4.79 Å². The fraction of sp³-hybridized carbons (Fsp3) is 0.611. The van der Waals surface area contributed by atoms with Gasteiger partial charge < -0.3 is 10.6 Å². The second-order valence-electron chi connectivity index (χ2n) is 6.73. The van der Waals surface area contributed by atoms with E-state index in [1.807, 2.05) is 11.3 Å². The van der Waals surface area contributed by atoms with E-state index in [1.54, 1.807) is 0 Å². The van der Waals surface area contributed by atoms with Crippen LogP contribution in [0.25, 0.3) is 10.2 Å². The molecule has 5 nitrogen and oxygen atoms in total. The lowest BCUT2D eigenvalue weighted by Crippen LogP contribution is -2.30. The highest BCUT2D eigenvalue weighted by Crippen LogP contribution is 2.38. The normalized spacial score (nSPS) is 16.9. The zero-order valence-corrected chi connectivity index (χ0v) is 15.0. The van der Waals surface area contributed by atoms with Crippen LogP contribution in [0.5, 0.6) is 0 Å². The number of aromatic nitrogens is 2. The van der Waals surface area contributed by atoms with Crippen molar-refractivity contribution in [2.45, 2.75) is 51.9 Å². The van der Waals surface area contributed by atoms with Crippen molar-refractivity contribution >= 4 is 33.3 Å². The lowest BCUT2D eigenvalue weighted by Gasteiger charge is -2.13. The molecule has 2 aliphatic rings. The Hall–Kier alpha value is -1.69. The maximum absolute atomic E-state index is 11.7. The highest BCUT2D eigenvalue weighted by Gasteiger charge is 2.29. The number of amides is 1.